The van der Waals surface area contributed by atoms with Crippen LogP contribution in [0.3, 0.4) is 0 Å². The van der Waals surface area contributed by atoms with Gasteiger partial charge in [0.2, 0.25) is 0 Å². The maximum atomic E-state index is 5.58. The second-order valence-corrected chi connectivity index (χ2v) is 5.34. The van der Waals surface area contributed by atoms with E-state index in [1.165, 1.54) is 13.0 Å². The number of hydrogen-bond donors (Lipinski definition) is 0. The zero-order valence-electron chi connectivity index (χ0n) is 11.0. The molecule has 0 bridgehead atoms. The average Bonchev–Trinajstić information content (AvgIpc) is 2.58. The molecular formula is C13H27NO. The molecule has 15 heavy (non-hydrogen) atoms. The molecule has 0 spiro atoms. The normalized spacial score (nSPS) is 28.2. The minimum Gasteiger partial charge on any atom is -0.380 e. The number of hydrogen-bond acceptors (Lipinski definition) is 2. The zero-order chi connectivity index (χ0) is 11.4. The van der Waals surface area contributed by atoms with Gasteiger partial charge in [-0.2, -0.15) is 0 Å². The molecule has 1 heterocycles. The van der Waals surface area contributed by atoms with Gasteiger partial charge in [-0.1, -0.05) is 13.8 Å². The molecule has 0 amide bonds. The first-order chi connectivity index (χ1) is 7.06. The molecule has 2 nitrogen and oxygen atoms in total. The van der Waals surface area contributed by atoms with Crippen LogP contribution in [-0.4, -0.2) is 36.7 Å². The van der Waals surface area contributed by atoms with E-state index in [1.807, 2.05) is 0 Å². The van der Waals surface area contributed by atoms with E-state index in [-0.39, 0.29) is 0 Å². The molecule has 0 aliphatic carbocycles. The van der Waals surface area contributed by atoms with E-state index >= 15 is 0 Å². The van der Waals surface area contributed by atoms with Gasteiger partial charge in [0.15, 0.2) is 0 Å². The summed E-state index contributed by atoms with van der Waals surface area (Å²) >= 11 is 0. The molecule has 0 N–H and O–H groups in total. The Morgan fingerprint density at radius 2 is 1.93 bits per heavy atom. The van der Waals surface area contributed by atoms with E-state index in [9.17, 15) is 0 Å². The Morgan fingerprint density at radius 3 is 2.40 bits per heavy atom. The summed E-state index contributed by atoms with van der Waals surface area (Å²) in [6, 6.07) is 1.30. The van der Waals surface area contributed by atoms with Crippen LogP contribution < -0.4 is 0 Å². The van der Waals surface area contributed by atoms with Crippen molar-refractivity contribution in [3.05, 3.63) is 0 Å². The summed E-state index contributed by atoms with van der Waals surface area (Å²) in [4.78, 5) is 2.61. The van der Waals surface area contributed by atoms with E-state index < -0.39 is 0 Å². The minimum atomic E-state index is 0.650. The van der Waals surface area contributed by atoms with Gasteiger partial charge in [0.25, 0.3) is 0 Å². The van der Waals surface area contributed by atoms with Crippen LogP contribution in [0.4, 0.5) is 0 Å². The fourth-order valence-electron chi connectivity index (χ4n) is 2.51. The first-order valence-corrected chi connectivity index (χ1v) is 6.39. The van der Waals surface area contributed by atoms with E-state index in [0.29, 0.717) is 12.1 Å². The molecule has 1 saturated heterocycles. The van der Waals surface area contributed by atoms with Crippen LogP contribution in [-0.2, 0) is 4.74 Å². The Hall–Kier alpha value is -0.0800. The van der Waals surface area contributed by atoms with Crippen LogP contribution in [0, 0.1) is 11.8 Å². The highest BCUT2D eigenvalue weighted by molar-refractivity contribution is 4.88. The SMILES string of the molecule is CCOCC1CC(C(C)C)CN1C(C)C. The van der Waals surface area contributed by atoms with Crippen molar-refractivity contribution in [1.29, 1.82) is 0 Å². The van der Waals surface area contributed by atoms with Crippen molar-refractivity contribution in [2.24, 2.45) is 11.8 Å². The summed E-state index contributed by atoms with van der Waals surface area (Å²) in [6.45, 7) is 14.4. The van der Waals surface area contributed by atoms with Gasteiger partial charge in [0, 0.05) is 25.2 Å². The first kappa shape index (κ1) is 13.0. The van der Waals surface area contributed by atoms with Crippen molar-refractivity contribution in [1.82, 2.24) is 4.90 Å². The van der Waals surface area contributed by atoms with Crippen LogP contribution in [0.1, 0.15) is 41.0 Å². The number of ether oxygens (including phenoxy) is 1. The maximum Gasteiger partial charge on any atom is 0.0621 e. The number of rotatable bonds is 5. The van der Waals surface area contributed by atoms with Crippen molar-refractivity contribution in [3.63, 3.8) is 0 Å². The highest BCUT2D eigenvalue weighted by atomic mass is 16.5. The molecule has 0 aromatic heterocycles. The summed E-state index contributed by atoms with van der Waals surface area (Å²) in [7, 11) is 0. The predicted molar refractivity (Wildman–Crippen MR) is 65.1 cm³/mol. The fourth-order valence-corrected chi connectivity index (χ4v) is 2.51. The lowest BCUT2D eigenvalue weighted by atomic mass is 9.93. The molecule has 2 atom stereocenters. The molecule has 1 rings (SSSR count). The van der Waals surface area contributed by atoms with Crippen LogP contribution in [0.25, 0.3) is 0 Å². The third kappa shape index (κ3) is 3.46. The van der Waals surface area contributed by atoms with Crippen LogP contribution in [0.15, 0.2) is 0 Å². The standard InChI is InChI=1S/C13H27NO/c1-6-15-9-13-7-12(10(2)3)8-14(13)11(4)5/h10-13H,6-9H2,1-5H3. The molecule has 90 valence electrons. The summed E-state index contributed by atoms with van der Waals surface area (Å²) in [5.41, 5.74) is 0. The lowest BCUT2D eigenvalue weighted by Gasteiger charge is -2.28. The van der Waals surface area contributed by atoms with Crippen molar-refractivity contribution < 1.29 is 4.74 Å². The molecule has 0 aromatic rings. The van der Waals surface area contributed by atoms with Gasteiger partial charge in [0.05, 0.1) is 6.61 Å². The largest absolute Gasteiger partial charge is 0.380 e. The van der Waals surface area contributed by atoms with Crippen LogP contribution in [0.2, 0.25) is 0 Å². The maximum absolute atomic E-state index is 5.58. The van der Waals surface area contributed by atoms with Gasteiger partial charge in [0.1, 0.15) is 0 Å². The molecule has 0 radical (unpaired) electrons. The van der Waals surface area contributed by atoms with Crippen molar-refractivity contribution in [3.8, 4) is 0 Å². The minimum absolute atomic E-state index is 0.650. The van der Waals surface area contributed by atoms with E-state index in [0.717, 1.165) is 25.0 Å². The van der Waals surface area contributed by atoms with Crippen molar-refractivity contribution in [2.45, 2.75) is 53.1 Å². The lowest BCUT2D eigenvalue weighted by Crippen LogP contribution is -2.38. The zero-order valence-corrected chi connectivity index (χ0v) is 11.0. The molecule has 0 aromatic carbocycles. The Morgan fingerprint density at radius 1 is 1.27 bits per heavy atom. The van der Waals surface area contributed by atoms with Gasteiger partial charge in [-0.25, -0.2) is 0 Å². The Bertz CT molecular complexity index is 179. The molecular weight excluding hydrogens is 186 g/mol. The summed E-state index contributed by atoms with van der Waals surface area (Å²) in [5, 5.41) is 0. The van der Waals surface area contributed by atoms with Gasteiger partial charge in [-0.15, -0.1) is 0 Å². The smallest absolute Gasteiger partial charge is 0.0621 e. The van der Waals surface area contributed by atoms with Crippen LogP contribution >= 0.6 is 0 Å². The first-order valence-electron chi connectivity index (χ1n) is 6.39. The second kappa shape index (κ2) is 5.86. The summed E-state index contributed by atoms with van der Waals surface area (Å²) < 4.78 is 5.58. The topological polar surface area (TPSA) is 12.5 Å². The monoisotopic (exact) mass is 213 g/mol. The third-order valence-corrected chi connectivity index (χ3v) is 3.61. The van der Waals surface area contributed by atoms with Crippen molar-refractivity contribution >= 4 is 0 Å². The quantitative estimate of drug-likeness (QED) is 0.696. The fraction of sp³-hybridized carbons (Fsp3) is 1.00. The molecule has 2 unspecified atom stereocenters. The molecule has 2 heteroatoms. The average molecular weight is 213 g/mol. The molecule has 0 saturated carbocycles. The summed E-state index contributed by atoms with van der Waals surface area (Å²) in [6.07, 6.45) is 1.32. The van der Waals surface area contributed by atoms with Gasteiger partial charge in [-0.3, -0.25) is 4.90 Å². The highest BCUT2D eigenvalue weighted by Gasteiger charge is 2.34. The summed E-state index contributed by atoms with van der Waals surface area (Å²) in [5.74, 6) is 1.66. The Balaban J connectivity index is 2.51. The number of likely N-dealkylation sites (tertiary alicyclic amines) is 1. The van der Waals surface area contributed by atoms with E-state index in [2.05, 4.69) is 39.5 Å². The Kier molecular flexibility index (Phi) is 5.07. The van der Waals surface area contributed by atoms with Gasteiger partial charge in [-0.05, 0) is 39.0 Å². The second-order valence-electron chi connectivity index (χ2n) is 5.34. The van der Waals surface area contributed by atoms with E-state index in [1.54, 1.807) is 0 Å². The van der Waals surface area contributed by atoms with Gasteiger partial charge < -0.3 is 4.74 Å². The predicted octanol–water partition coefficient (Wildman–Crippen LogP) is 2.78. The third-order valence-electron chi connectivity index (χ3n) is 3.61. The van der Waals surface area contributed by atoms with Crippen molar-refractivity contribution in [2.75, 3.05) is 19.8 Å². The lowest BCUT2D eigenvalue weighted by molar-refractivity contribution is 0.0727. The van der Waals surface area contributed by atoms with E-state index in [4.69, 9.17) is 4.74 Å². The molecule has 1 aliphatic rings. The molecule has 1 fully saturated rings. The number of nitrogens with zero attached hydrogens (tertiary/aromatic N) is 1. The Labute approximate surface area is 95.0 Å². The van der Waals surface area contributed by atoms with Crippen LogP contribution in [0.5, 0.6) is 0 Å². The molecule has 1 aliphatic heterocycles. The van der Waals surface area contributed by atoms with Gasteiger partial charge >= 0.3 is 0 Å². The highest BCUT2D eigenvalue weighted by Crippen LogP contribution is 2.30.